The van der Waals surface area contributed by atoms with Crippen molar-refractivity contribution in [1.29, 1.82) is 0 Å². The van der Waals surface area contributed by atoms with Crippen molar-refractivity contribution in [3.63, 3.8) is 0 Å². The van der Waals surface area contributed by atoms with Crippen molar-refractivity contribution in [1.82, 2.24) is 5.32 Å². The van der Waals surface area contributed by atoms with Gasteiger partial charge in [0.2, 0.25) is 0 Å². The zero-order valence-electron chi connectivity index (χ0n) is 15.7. The summed E-state index contributed by atoms with van der Waals surface area (Å²) in [5.74, 6) is 1.83. The van der Waals surface area contributed by atoms with Gasteiger partial charge in [0.15, 0.2) is 0 Å². The van der Waals surface area contributed by atoms with Crippen LogP contribution in [0.5, 0.6) is 11.5 Å². The maximum absolute atomic E-state index is 5.65. The Kier molecular flexibility index (Phi) is 7.61. The second-order valence-electron chi connectivity index (χ2n) is 6.61. The van der Waals surface area contributed by atoms with Crippen LogP contribution in [0.15, 0.2) is 48.5 Å². The Bertz CT molecular complexity index is 551. The van der Waals surface area contributed by atoms with Crippen molar-refractivity contribution in [3.05, 3.63) is 54.1 Å². The van der Waals surface area contributed by atoms with Gasteiger partial charge in [0.05, 0.1) is 12.2 Å². The van der Waals surface area contributed by atoms with Gasteiger partial charge in [-0.2, -0.15) is 0 Å². The first-order chi connectivity index (χ1) is 12.0. The molecular weight excluding hydrogens is 312 g/mol. The number of hydrogen-bond donors (Lipinski definition) is 2. The summed E-state index contributed by atoms with van der Waals surface area (Å²) in [6, 6.07) is 16.3. The van der Waals surface area contributed by atoms with Gasteiger partial charge in [0.1, 0.15) is 11.5 Å². The summed E-state index contributed by atoms with van der Waals surface area (Å²) in [5.41, 5.74) is 2.36. The lowest BCUT2D eigenvalue weighted by molar-refractivity contribution is 0.242. The van der Waals surface area contributed by atoms with E-state index in [-0.39, 0.29) is 12.2 Å². The maximum Gasteiger partial charge on any atom is 0.119 e. The number of anilines is 1. The zero-order valence-corrected chi connectivity index (χ0v) is 15.7. The highest BCUT2D eigenvalue weighted by Gasteiger charge is 1.99. The fraction of sp³-hybridized carbons (Fsp3) is 0.429. The second kappa shape index (κ2) is 9.94. The summed E-state index contributed by atoms with van der Waals surface area (Å²) in [4.78, 5) is 0. The predicted molar refractivity (Wildman–Crippen MR) is 105 cm³/mol. The van der Waals surface area contributed by atoms with E-state index in [0.29, 0.717) is 0 Å². The van der Waals surface area contributed by atoms with Crippen LogP contribution in [0.3, 0.4) is 0 Å². The SMILES string of the molecule is CC(C)Oc1ccc(CNCCNc2ccc(OC(C)C)cc2)cc1. The Morgan fingerprint density at radius 1 is 0.720 bits per heavy atom. The van der Waals surface area contributed by atoms with E-state index in [9.17, 15) is 0 Å². The molecule has 2 aromatic rings. The summed E-state index contributed by atoms with van der Waals surface area (Å²) in [5, 5.41) is 6.85. The molecule has 2 aromatic carbocycles. The first-order valence-electron chi connectivity index (χ1n) is 9.00. The summed E-state index contributed by atoms with van der Waals surface area (Å²) >= 11 is 0. The van der Waals surface area contributed by atoms with Crippen LogP contribution in [0, 0.1) is 0 Å². The number of hydrogen-bond acceptors (Lipinski definition) is 4. The Morgan fingerprint density at radius 2 is 1.24 bits per heavy atom. The van der Waals surface area contributed by atoms with Crippen molar-refractivity contribution in [2.24, 2.45) is 0 Å². The van der Waals surface area contributed by atoms with Crippen molar-refractivity contribution in [2.75, 3.05) is 18.4 Å². The third-order valence-electron chi connectivity index (χ3n) is 3.48. The van der Waals surface area contributed by atoms with E-state index in [0.717, 1.165) is 36.8 Å². The third-order valence-corrected chi connectivity index (χ3v) is 3.48. The molecule has 0 fully saturated rings. The van der Waals surface area contributed by atoms with Crippen LogP contribution in [-0.4, -0.2) is 25.3 Å². The van der Waals surface area contributed by atoms with Crippen molar-refractivity contribution < 1.29 is 9.47 Å². The van der Waals surface area contributed by atoms with Gasteiger partial charge in [-0.1, -0.05) is 12.1 Å². The molecule has 4 nitrogen and oxygen atoms in total. The van der Waals surface area contributed by atoms with Crippen LogP contribution in [0.2, 0.25) is 0 Å². The molecule has 0 bridgehead atoms. The summed E-state index contributed by atoms with van der Waals surface area (Å²) in [6.45, 7) is 10.8. The first-order valence-corrected chi connectivity index (χ1v) is 9.00. The number of ether oxygens (including phenoxy) is 2. The summed E-state index contributed by atoms with van der Waals surface area (Å²) in [6.07, 6.45) is 0.412. The van der Waals surface area contributed by atoms with Crippen LogP contribution >= 0.6 is 0 Å². The molecule has 136 valence electrons. The average molecular weight is 342 g/mol. The molecule has 4 heteroatoms. The van der Waals surface area contributed by atoms with Gasteiger partial charge in [-0.3, -0.25) is 0 Å². The molecule has 0 radical (unpaired) electrons. The number of benzene rings is 2. The van der Waals surface area contributed by atoms with E-state index in [1.165, 1.54) is 5.56 Å². The molecular formula is C21H30N2O2. The minimum Gasteiger partial charge on any atom is -0.491 e. The summed E-state index contributed by atoms with van der Waals surface area (Å²) in [7, 11) is 0. The van der Waals surface area contributed by atoms with Crippen LogP contribution in [-0.2, 0) is 6.54 Å². The average Bonchev–Trinajstić information content (AvgIpc) is 2.56. The van der Waals surface area contributed by atoms with Gasteiger partial charge >= 0.3 is 0 Å². The van der Waals surface area contributed by atoms with Crippen molar-refractivity contribution in [3.8, 4) is 11.5 Å². The minimum atomic E-state index is 0.203. The molecule has 0 saturated heterocycles. The molecule has 2 N–H and O–H groups in total. The Labute approximate surface area is 151 Å². The van der Waals surface area contributed by atoms with E-state index >= 15 is 0 Å². The quantitative estimate of drug-likeness (QED) is 0.626. The fourth-order valence-corrected chi connectivity index (χ4v) is 2.41. The highest BCUT2D eigenvalue weighted by molar-refractivity contribution is 5.46. The van der Waals surface area contributed by atoms with Crippen LogP contribution in [0.25, 0.3) is 0 Å². The topological polar surface area (TPSA) is 42.5 Å². The van der Waals surface area contributed by atoms with Gasteiger partial charge < -0.3 is 20.1 Å². The Balaban J connectivity index is 1.64. The maximum atomic E-state index is 5.65. The normalized spacial score (nSPS) is 11.0. The lowest BCUT2D eigenvalue weighted by Crippen LogP contribution is -2.21. The second-order valence-corrected chi connectivity index (χ2v) is 6.61. The standard InChI is InChI=1S/C21H30N2O2/c1-16(2)24-20-9-5-18(6-10-20)15-22-13-14-23-19-7-11-21(12-8-19)25-17(3)4/h5-12,16-17,22-23H,13-15H2,1-4H3. The molecule has 25 heavy (non-hydrogen) atoms. The number of nitrogens with one attached hydrogen (secondary N) is 2. The van der Waals surface area contributed by atoms with Gasteiger partial charge in [-0.25, -0.2) is 0 Å². The van der Waals surface area contributed by atoms with Crippen LogP contribution in [0.1, 0.15) is 33.3 Å². The molecule has 0 amide bonds. The van der Waals surface area contributed by atoms with E-state index in [2.05, 4.69) is 22.8 Å². The molecule has 0 heterocycles. The highest BCUT2D eigenvalue weighted by Crippen LogP contribution is 2.16. The molecule has 0 aliphatic rings. The largest absolute Gasteiger partial charge is 0.491 e. The third kappa shape index (κ3) is 7.48. The molecule has 0 spiro atoms. The minimum absolute atomic E-state index is 0.203. The number of rotatable bonds is 10. The lowest BCUT2D eigenvalue weighted by Gasteiger charge is -2.12. The summed E-state index contributed by atoms with van der Waals surface area (Å²) < 4.78 is 11.3. The molecule has 0 aromatic heterocycles. The lowest BCUT2D eigenvalue weighted by atomic mass is 10.2. The predicted octanol–water partition coefficient (Wildman–Crippen LogP) is 4.46. The molecule has 0 aliphatic carbocycles. The monoisotopic (exact) mass is 342 g/mol. The van der Waals surface area contributed by atoms with E-state index in [4.69, 9.17) is 9.47 Å². The highest BCUT2D eigenvalue weighted by atomic mass is 16.5. The molecule has 0 aliphatic heterocycles. The van der Waals surface area contributed by atoms with E-state index < -0.39 is 0 Å². The van der Waals surface area contributed by atoms with Gasteiger partial charge in [-0.15, -0.1) is 0 Å². The van der Waals surface area contributed by atoms with Crippen molar-refractivity contribution in [2.45, 2.75) is 46.4 Å². The van der Waals surface area contributed by atoms with Gasteiger partial charge in [0, 0.05) is 25.3 Å². The smallest absolute Gasteiger partial charge is 0.119 e. The Morgan fingerprint density at radius 3 is 1.76 bits per heavy atom. The van der Waals surface area contributed by atoms with Crippen LogP contribution < -0.4 is 20.1 Å². The Hall–Kier alpha value is -2.20. The van der Waals surface area contributed by atoms with E-state index in [1.54, 1.807) is 0 Å². The van der Waals surface area contributed by atoms with Gasteiger partial charge in [-0.05, 0) is 69.7 Å². The molecule has 0 unspecified atom stereocenters. The molecule has 0 atom stereocenters. The molecule has 2 rings (SSSR count). The van der Waals surface area contributed by atoms with Crippen molar-refractivity contribution >= 4 is 5.69 Å². The van der Waals surface area contributed by atoms with Gasteiger partial charge in [0.25, 0.3) is 0 Å². The zero-order chi connectivity index (χ0) is 18.1. The molecule has 0 saturated carbocycles. The van der Waals surface area contributed by atoms with E-state index in [1.807, 2.05) is 64.1 Å². The fourth-order valence-electron chi connectivity index (χ4n) is 2.41. The van der Waals surface area contributed by atoms with Crippen LogP contribution in [0.4, 0.5) is 5.69 Å². The first kappa shape index (κ1) is 19.1.